The van der Waals surface area contributed by atoms with Crippen LogP contribution in [0, 0.1) is 5.92 Å². The van der Waals surface area contributed by atoms with Gasteiger partial charge in [-0.3, -0.25) is 4.79 Å². The van der Waals surface area contributed by atoms with Gasteiger partial charge in [0.2, 0.25) is 5.91 Å². The molecule has 1 aromatic carbocycles. The van der Waals surface area contributed by atoms with Crippen molar-refractivity contribution in [1.82, 2.24) is 0 Å². The zero-order valence-corrected chi connectivity index (χ0v) is 19.1. The van der Waals surface area contributed by atoms with Crippen LogP contribution in [0.4, 0.5) is 5.00 Å². The van der Waals surface area contributed by atoms with Crippen LogP contribution in [0.2, 0.25) is 0 Å². The van der Waals surface area contributed by atoms with Crippen LogP contribution in [0.1, 0.15) is 46.6 Å². The number of thiophene rings is 1. The molecule has 1 aromatic heterocycles. The van der Waals surface area contributed by atoms with Crippen LogP contribution in [0.5, 0.6) is 5.75 Å². The largest absolute Gasteiger partial charge is 0.496 e. The van der Waals surface area contributed by atoms with Gasteiger partial charge in [-0.2, -0.15) is 0 Å². The number of fused-ring (bicyclic) bond motifs is 1. The minimum absolute atomic E-state index is 0.283. The quantitative estimate of drug-likeness (QED) is 0.442. The SMILES string of the molecule is CCOC(=O)c1c(NC(=O)/C=C/c2ccc(OC)c(Br)c2)sc2c1CC[C@H](C)C2. The standard InChI is InChI=1S/C22H24BrNO4S/c1-4-28-22(26)20-15-8-5-13(2)11-18(15)29-21(20)24-19(25)10-7-14-6-9-17(27-3)16(23)12-14/h6-7,9-10,12-13H,4-5,8,11H2,1-3H3,(H,24,25)/b10-7+/t13-/m0/s1. The van der Waals surface area contributed by atoms with E-state index in [0.717, 1.165) is 40.6 Å². The highest BCUT2D eigenvalue weighted by Gasteiger charge is 2.28. The van der Waals surface area contributed by atoms with Crippen LogP contribution in [-0.4, -0.2) is 25.6 Å². The molecule has 1 heterocycles. The Morgan fingerprint density at radius 2 is 2.17 bits per heavy atom. The van der Waals surface area contributed by atoms with E-state index in [1.807, 2.05) is 18.2 Å². The van der Waals surface area contributed by atoms with E-state index >= 15 is 0 Å². The minimum Gasteiger partial charge on any atom is -0.496 e. The number of anilines is 1. The summed E-state index contributed by atoms with van der Waals surface area (Å²) in [6, 6.07) is 5.57. The number of benzene rings is 1. The maximum absolute atomic E-state index is 12.5. The second kappa shape index (κ2) is 9.59. The number of methoxy groups -OCH3 is 1. The highest BCUT2D eigenvalue weighted by atomic mass is 79.9. The Bertz CT molecular complexity index is 951. The van der Waals surface area contributed by atoms with Crippen molar-refractivity contribution in [2.24, 2.45) is 5.92 Å². The van der Waals surface area contributed by atoms with Crippen LogP contribution in [0.25, 0.3) is 6.08 Å². The van der Waals surface area contributed by atoms with Gasteiger partial charge in [0.15, 0.2) is 0 Å². The predicted octanol–water partition coefficient (Wildman–Crippen LogP) is 5.47. The van der Waals surface area contributed by atoms with Gasteiger partial charge in [0, 0.05) is 11.0 Å². The summed E-state index contributed by atoms with van der Waals surface area (Å²) in [6.45, 7) is 4.30. The Kier molecular flexibility index (Phi) is 7.14. The highest BCUT2D eigenvalue weighted by Crippen LogP contribution is 2.40. The van der Waals surface area contributed by atoms with E-state index < -0.39 is 0 Å². The van der Waals surface area contributed by atoms with Crippen molar-refractivity contribution in [3.8, 4) is 5.75 Å². The Labute approximate surface area is 183 Å². The van der Waals surface area contributed by atoms with Gasteiger partial charge in [0.25, 0.3) is 0 Å². The van der Waals surface area contributed by atoms with E-state index in [1.54, 1.807) is 20.1 Å². The van der Waals surface area contributed by atoms with Gasteiger partial charge in [-0.05, 0) is 77.4 Å². The second-order valence-electron chi connectivity index (χ2n) is 6.99. The molecule has 0 unspecified atom stereocenters. The first-order chi connectivity index (χ1) is 13.9. The summed E-state index contributed by atoms with van der Waals surface area (Å²) in [5.41, 5.74) is 2.41. The van der Waals surface area contributed by atoms with Crippen molar-refractivity contribution in [2.75, 3.05) is 19.0 Å². The van der Waals surface area contributed by atoms with Crippen LogP contribution in [0.15, 0.2) is 28.7 Å². The lowest BCUT2D eigenvalue weighted by molar-refractivity contribution is -0.111. The van der Waals surface area contributed by atoms with Gasteiger partial charge in [0.1, 0.15) is 10.8 Å². The zero-order chi connectivity index (χ0) is 21.0. The van der Waals surface area contributed by atoms with Gasteiger partial charge in [-0.15, -0.1) is 11.3 Å². The highest BCUT2D eigenvalue weighted by molar-refractivity contribution is 9.10. The number of halogens is 1. The van der Waals surface area contributed by atoms with Crippen LogP contribution in [-0.2, 0) is 22.4 Å². The topological polar surface area (TPSA) is 64.6 Å². The molecule has 5 nitrogen and oxygen atoms in total. The molecule has 0 fully saturated rings. The summed E-state index contributed by atoms with van der Waals surface area (Å²) in [5.74, 6) is 0.657. The zero-order valence-electron chi connectivity index (χ0n) is 16.7. The van der Waals surface area contributed by atoms with Gasteiger partial charge >= 0.3 is 5.97 Å². The first kappa shape index (κ1) is 21.6. The summed E-state index contributed by atoms with van der Waals surface area (Å²) in [6.07, 6.45) is 5.99. The van der Waals surface area contributed by atoms with Crippen molar-refractivity contribution in [2.45, 2.75) is 33.1 Å². The van der Waals surface area contributed by atoms with E-state index in [0.29, 0.717) is 23.1 Å². The monoisotopic (exact) mass is 477 g/mol. The van der Waals surface area contributed by atoms with E-state index in [2.05, 4.69) is 28.2 Å². The molecule has 7 heteroatoms. The Balaban J connectivity index is 1.80. The van der Waals surface area contributed by atoms with Crippen LogP contribution >= 0.6 is 27.3 Å². The number of hydrogen-bond acceptors (Lipinski definition) is 5. The molecule has 3 rings (SSSR count). The van der Waals surface area contributed by atoms with Crippen LogP contribution in [0.3, 0.4) is 0 Å². The lowest BCUT2D eigenvalue weighted by atomic mass is 9.88. The minimum atomic E-state index is -0.363. The fourth-order valence-electron chi connectivity index (χ4n) is 3.37. The summed E-state index contributed by atoms with van der Waals surface area (Å²) in [7, 11) is 1.60. The Morgan fingerprint density at radius 3 is 2.86 bits per heavy atom. The molecule has 1 aliphatic carbocycles. The lowest BCUT2D eigenvalue weighted by Gasteiger charge is -2.18. The average Bonchev–Trinajstić information content (AvgIpc) is 3.03. The summed E-state index contributed by atoms with van der Waals surface area (Å²) in [5, 5.41) is 3.46. The predicted molar refractivity (Wildman–Crippen MR) is 120 cm³/mol. The smallest absolute Gasteiger partial charge is 0.341 e. The number of amides is 1. The fraction of sp³-hybridized carbons (Fsp3) is 0.364. The van der Waals surface area contributed by atoms with Gasteiger partial charge < -0.3 is 14.8 Å². The van der Waals surface area contributed by atoms with Crippen LogP contribution < -0.4 is 10.1 Å². The van der Waals surface area contributed by atoms with Gasteiger partial charge in [-0.1, -0.05) is 13.0 Å². The molecule has 0 aliphatic heterocycles. The number of carbonyl (C=O) groups excluding carboxylic acids is 2. The number of ether oxygens (including phenoxy) is 2. The molecule has 0 bridgehead atoms. The molecule has 2 aromatic rings. The van der Waals surface area contributed by atoms with E-state index in [4.69, 9.17) is 9.47 Å². The first-order valence-corrected chi connectivity index (χ1v) is 11.2. The van der Waals surface area contributed by atoms with Crippen molar-refractivity contribution in [1.29, 1.82) is 0 Å². The number of esters is 1. The molecule has 1 amide bonds. The van der Waals surface area contributed by atoms with E-state index in [9.17, 15) is 9.59 Å². The second-order valence-corrected chi connectivity index (χ2v) is 8.95. The molecule has 1 N–H and O–H groups in total. The van der Waals surface area contributed by atoms with Gasteiger partial charge in [-0.25, -0.2) is 4.79 Å². The molecule has 0 saturated carbocycles. The van der Waals surface area contributed by atoms with Crippen molar-refractivity contribution in [3.63, 3.8) is 0 Å². The molecule has 1 atom stereocenters. The van der Waals surface area contributed by atoms with Crippen molar-refractivity contribution >= 4 is 50.2 Å². The molecule has 154 valence electrons. The maximum atomic E-state index is 12.5. The number of rotatable bonds is 6. The third kappa shape index (κ3) is 5.08. The summed E-state index contributed by atoms with van der Waals surface area (Å²) in [4.78, 5) is 26.2. The third-order valence-corrected chi connectivity index (χ3v) is 6.62. The molecule has 0 saturated heterocycles. The number of nitrogens with one attached hydrogen (secondary N) is 1. The molecule has 29 heavy (non-hydrogen) atoms. The Morgan fingerprint density at radius 1 is 1.38 bits per heavy atom. The first-order valence-electron chi connectivity index (χ1n) is 9.57. The average molecular weight is 478 g/mol. The number of hydrogen-bond donors (Lipinski definition) is 1. The normalized spacial score (nSPS) is 15.8. The third-order valence-electron chi connectivity index (χ3n) is 4.83. The molecule has 1 aliphatic rings. The lowest BCUT2D eigenvalue weighted by Crippen LogP contribution is -2.15. The van der Waals surface area contributed by atoms with E-state index in [-0.39, 0.29) is 11.9 Å². The summed E-state index contributed by atoms with van der Waals surface area (Å²) >= 11 is 4.92. The number of carbonyl (C=O) groups is 2. The van der Waals surface area contributed by atoms with E-state index in [1.165, 1.54) is 22.3 Å². The fourth-order valence-corrected chi connectivity index (χ4v) is 5.33. The molecular formula is C22H24BrNO4S. The molecular weight excluding hydrogens is 454 g/mol. The Hall–Kier alpha value is -2.12. The van der Waals surface area contributed by atoms with Crippen molar-refractivity contribution < 1.29 is 19.1 Å². The molecule has 0 spiro atoms. The maximum Gasteiger partial charge on any atom is 0.341 e. The molecule has 0 radical (unpaired) electrons. The summed E-state index contributed by atoms with van der Waals surface area (Å²) < 4.78 is 11.3. The van der Waals surface area contributed by atoms with Gasteiger partial charge in [0.05, 0.1) is 23.8 Å². The van der Waals surface area contributed by atoms with Crippen molar-refractivity contribution in [3.05, 3.63) is 50.3 Å².